The van der Waals surface area contributed by atoms with Crippen LogP contribution in [0.2, 0.25) is 0 Å². The molecule has 1 aromatic rings. The van der Waals surface area contributed by atoms with Gasteiger partial charge in [-0.2, -0.15) is 0 Å². The van der Waals surface area contributed by atoms with Crippen LogP contribution < -0.4 is 10.5 Å². The number of halogens is 5. The molecule has 1 rings (SSSR count). The van der Waals surface area contributed by atoms with E-state index >= 15 is 0 Å². The van der Waals surface area contributed by atoms with E-state index < -0.39 is 54.4 Å². The van der Waals surface area contributed by atoms with E-state index in [9.17, 15) is 26.7 Å². The lowest BCUT2D eigenvalue weighted by molar-refractivity contribution is -0.275. The Morgan fingerprint density at radius 2 is 2.05 bits per heavy atom. The smallest absolute Gasteiger partial charge is 0.466 e. The second-order valence-corrected chi connectivity index (χ2v) is 4.01. The molecule has 2 N–H and O–H groups in total. The van der Waals surface area contributed by atoms with E-state index in [2.05, 4.69) is 14.5 Å². The Morgan fingerprint density at radius 1 is 1.41 bits per heavy atom. The first-order chi connectivity index (χ1) is 10.2. The highest BCUT2D eigenvalue weighted by Gasteiger charge is 2.33. The minimum absolute atomic E-state index is 0.00304. The lowest BCUT2D eigenvalue weighted by atomic mass is 10.1. The number of esters is 1. The molecule has 22 heavy (non-hydrogen) atoms. The topological polar surface area (TPSA) is 74.4 Å². The third-order valence-electron chi connectivity index (χ3n) is 2.44. The summed E-state index contributed by atoms with van der Waals surface area (Å²) in [5, 5.41) is 0. The van der Waals surface area contributed by atoms with Gasteiger partial charge in [0.25, 0.3) is 6.43 Å². The number of carbonyl (C=O) groups excluding carboxylic acids is 1. The van der Waals surface area contributed by atoms with Crippen molar-refractivity contribution in [3.8, 4) is 5.75 Å². The van der Waals surface area contributed by atoms with Crippen LogP contribution in [0.15, 0.2) is 6.07 Å². The summed E-state index contributed by atoms with van der Waals surface area (Å²) in [5.41, 5.74) is 3.46. The molecule has 0 aliphatic rings. The molecule has 0 saturated heterocycles. The lowest BCUT2D eigenvalue weighted by Crippen LogP contribution is -2.21. The minimum Gasteiger partial charge on any atom is -0.466 e. The molecule has 0 fully saturated rings. The van der Waals surface area contributed by atoms with Crippen LogP contribution in [-0.4, -0.2) is 23.9 Å². The summed E-state index contributed by atoms with van der Waals surface area (Å²) in [6, 6.07) is 0.682. The number of aromatic nitrogens is 1. The van der Waals surface area contributed by atoms with Crippen molar-refractivity contribution in [3.63, 3.8) is 0 Å². The Kier molecular flexibility index (Phi) is 6.03. The minimum atomic E-state index is -5.04. The first-order valence-corrected chi connectivity index (χ1v) is 6.10. The van der Waals surface area contributed by atoms with Crippen LogP contribution in [0, 0.1) is 0 Å². The lowest BCUT2D eigenvalue weighted by Gasteiger charge is -2.16. The molecule has 0 atom stereocenters. The first kappa shape index (κ1) is 18.1. The van der Waals surface area contributed by atoms with Crippen LogP contribution in [-0.2, 0) is 22.5 Å². The van der Waals surface area contributed by atoms with Gasteiger partial charge in [0.15, 0.2) is 5.75 Å². The molecule has 1 aromatic heterocycles. The van der Waals surface area contributed by atoms with Crippen molar-refractivity contribution in [1.29, 1.82) is 0 Å². The summed E-state index contributed by atoms with van der Waals surface area (Å²) >= 11 is 0. The number of hydrogen-bond donors (Lipinski definition) is 1. The molecule has 10 heteroatoms. The van der Waals surface area contributed by atoms with Gasteiger partial charge in [0.1, 0.15) is 5.69 Å². The zero-order chi connectivity index (χ0) is 16.9. The number of rotatable bonds is 6. The fraction of sp³-hybridized carbons (Fsp3) is 0.500. The van der Waals surface area contributed by atoms with Gasteiger partial charge in [0.05, 0.1) is 18.7 Å². The van der Waals surface area contributed by atoms with Gasteiger partial charge in [-0.1, -0.05) is 0 Å². The second kappa shape index (κ2) is 7.34. The number of carbonyl (C=O) groups is 1. The molecule has 0 saturated carbocycles. The van der Waals surface area contributed by atoms with Crippen LogP contribution in [0.4, 0.5) is 22.0 Å². The Morgan fingerprint density at radius 3 is 2.50 bits per heavy atom. The predicted molar refractivity (Wildman–Crippen MR) is 64.1 cm³/mol. The molecule has 0 radical (unpaired) electrons. The number of alkyl halides is 5. The highest BCUT2D eigenvalue weighted by molar-refractivity contribution is 5.73. The highest BCUT2D eigenvalue weighted by Crippen LogP contribution is 2.31. The standard InChI is InChI=1S/C12H13F5N2O3/c1-2-21-9(20)4-6-3-8(22-12(15,16)17)7(5-18)19-10(6)11(13)14/h3,11H,2,4-5,18H2,1H3. The van der Waals surface area contributed by atoms with E-state index in [-0.39, 0.29) is 6.61 Å². The van der Waals surface area contributed by atoms with Crippen LogP contribution in [0.3, 0.4) is 0 Å². The molecule has 1 heterocycles. The van der Waals surface area contributed by atoms with Gasteiger partial charge in [0, 0.05) is 6.54 Å². The van der Waals surface area contributed by atoms with Crippen molar-refractivity contribution in [1.82, 2.24) is 4.98 Å². The number of ether oxygens (including phenoxy) is 2. The number of pyridine rings is 1. The molecular formula is C12H13F5N2O3. The van der Waals surface area contributed by atoms with Gasteiger partial charge in [0.2, 0.25) is 0 Å². The van der Waals surface area contributed by atoms with Gasteiger partial charge in [-0.3, -0.25) is 4.79 Å². The quantitative estimate of drug-likeness (QED) is 0.641. The van der Waals surface area contributed by atoms with E-state index in [1.807, 2.05) is 0 Å². The van der Waals surface area contributed by atoms with Gasteiger partial charge >= 0.3 is 12.3 Å². The van der Waals surface area contributed by atoms with Gasteiger partial charge < -0.3 is 15.2 Å². The normalized spacial score (nSPS) is 11.6. The van der Waals surface area contributed by atoms with Crippen molar-refractivity contribution in [2.24, 2.45) is 5.73 Å². The zero-order valence-electron chi connectivity index (χ0n) is 11.4. The summed E-state index contributed by atoms with van der Waals surface area (Å²) < 4.78 is 71.0. The summed E-state index contributed by atoms with van der Waals surface area (Å²) in [7, 11) is 0. The summed E-state index contributed by atoms with van der Waals surface area (Å²) in [4.78, 5) is 14.7. The largest absolute Gasteiger partial charge is 0.573 e. The van der Waals surface area contributed by atoms with E-state index in [4.69, 9.17) is 5.73 Å². The third-order valence-corrected chi connectivity index (χ3v) is 2.44. The third kappa shape index (κ3) is 5.10. The Hall–Kier alpha value is -1.97. The zero-order valence-corrected chi connectivity index (χ0v) is 11.4. The van der Waals surface area contributed by atoms with E-state index in [1.54, 1.807) is 0 Å². The van der Waals surface area contributed by atoms with Crippen molar-refractivity contribution < 1.29 is 36.2 Å². The van der Waals surface area contributed by atoms with Crippen LogP contribution in [0.5, 0.6) is 5.75 Å². The molecule has 0 aliphatic heterocycles. The average Bonchev–Trinajstić information content (AvgIpc) is 2.36. The molecule has 0 spiro atoms. The molecule has 0 unspecified atom stereocenters. The maximum absolute atomic E-state index is 12.9. The first-order valence-electron chi connectivity index (χ1n) is 6.10. The van der Waals surface area contributed by atoms with Crippen molar-refractivity contribution in [2.45, 2.75) is 32.7 Å². The van der Waals surface area contributed by atoms with Gasteiger partial charge in [-0.05, 0) is 18.6 Å². The maximum Gasteiger partial charge on any atom is 0.573 e. The molecule has 124 valence electrons. The fourth-order valence-corrected chi connectivity index (χ4v) is 1.65. The van der Waals surface area contributed by atoms with Gasteiger partial charge in [-0.25, -0.2) is 13.8 Å². The van der Waals surface area contributed by atoms with Crippen LogP contribution in [0.25, 0.3) is 0 Å². The summed E-state index contributed by atoms with van der Waals surface area (Å²) in [5.74, 6) is -1.69. The predicted octanol–water partition coefficient (Wildman–Crippen LogP) is 2.48. The summed E-state index contributed by atoms with van der Waals surface area (Å²) in [6.45, 7) is 0.966. The number of hydrogen-bond acceptors (Lipinski definition) is 5. The molecule has 0 aromatic carbocycles. The summed E-state index contributed by atoms with van der Waals surface area (Å²) in [6.07, 6.45) is -8.78. The van der Waals surface area contributed by atoms with E-state index in [0.717, 1.165) is 0 Å². The molecule has 0 bridgehead atoms. The van der Waals surface area contributed by atoms with E-state index in [0.29, 0.717) is 6.07 Å². The average molecular weight is 328 g/mol. The van der Waals surface area contributed by atoms with E-state index in [1.165, 1.54) is 6.92 Å². The Balaban J connectivity index is 3.26. The molecule has 0 amide bonds. The number of nitrogens with zero attached hydrogens (tertiary/aromatic N) is 1. The SMILES string of the molecule is CCOC(=O)Cc1cc(OC(F)(F)F)c(CN)nc1C(F)F. The maximum atomic E-state index is 12.9. The monoisotopic (exact) mass is 328 g/mol. The number of nitrogens with two attached hydrogens (primary N) is 1. The van der Waals surface area contributed by atoms with Crippen molar-refractivity contribution in [2.75, 3.05) is 6.61 Å². The Labute approximate surface area is 122 Å². The van der Waals surface area contributed by atoms with Crippen molar-refractivity contribution >= 4 is 5.97 Å². The molecule has 0 aliphatic carbocycles. The Bertz CT molecular complexity index is 534. The van der Waals surface area contributed by atoms with Gasteiger partial charge in [-0.15, -0.1) is 13.2 Å². The van der Waals surface area contributed by atoms with Crippen LogP contribution >= 0.6 is 0 Å². The highest BCUT2D eigenvalue weighted by atomic mass is 19.4. The second-order valence-electron chi connectivity index (χ2n) is 4.01. The molecular weight excluding hydrogens is 315 g/mol. The molecule has 5 nitrogen and oxygen atoms in total. The van der Waals surface area contributed by atoms with Crippen molar-refractivity contribution in [3.05, 3.63) is 23.0 Å². The fourth-order valence-electron chi connectivity index (χ4n) is 1.65. The van der Waals surface area contributed by atoms with Crippen LogP contribution in [0.1, 0.15) is 30.3 Å².